The van der Waals surface area contributed by atoms with Gasteiger partial charge < -0.3 is 9.84 Å². The minimum atomic E-state index is -0.105. The molecule has 0 aromatic heterocycles. The largest absolute Gasteiger partial charge is 0.486 e. The van der Waals surface area contributed by atoms with Crippen molar-refractivity contribution in [2.24, 2.45) is 0 Å². The molecule has 0 fully saturated rings. The fraction of sp³-hybridized carbons (Fsp3) is 0.143. The molecule has 0 heterocycles. The molecule has 0 unspecified atom stereocenters. The normalized spacial score (nSPS) is 10.5. The Balaban J connectivity index is 2.13. The third-order valence-corrected chi connectivity index (χ3v) is 3.63. The lowest BCUT2D eigenvalue weighted by Gasteiger charge is -2.11. The summed E-state index contributed by atoms with van der Waals surface area (Å²) in [5.41, 5.74) is 1.67. The minimum Gasteiger partial charge on any atom is -0.486 e. The molecule has 1 N–H and O–H groups in total. The lowest BCUT2D eigenvalue weighted by molar-refractivity contribution is 0.281. The van der Waals surface area contributed by atoms with E-state index in [0.717, 1.165) is 10.0 Å². The molecule has 100 valence electrons. The molecule has 0 bridgehead atoms. The topological polar surface area (TPSA) is 29.5 Å². The number of hydrogen-bond donors (Lipinski definition) is 1. The van der Waals surface area contributed by atoms with Gasteiger partial charge in [0.25, 0.3) is 0 Å². The van der Waals surface area contributed by atoms with Crippen LogP contribution in [0.3, 0.4) is 0 Å². The van der Waals surface area contributed by atoms with E-state index in [4.69, 9.17) is 33.0 Å². The molecule has 0 saturated carbocycles. The van der Waals surface area contributed by atoms with Gasteiger partial charge in [-0.1, -0.05) is 51.3 Å². The first-order chi connectivity index (χ1) is 9.10. The number of aliphatic hydroxyl groups is 1. The zero-order chi connectivity index (χ0) is 13.8. The number of rotatable bonds is 4. The molecule has 5 heteroatoms. The summed E-state index contributed by atoms with van der Waals surface area (Å²) < 4.78 is 6.65. The second kappa shape index (κ2) is 6.62. The van der Waals surface area contributed by atoms with Gasteiger partial charge in [-0.25, -0.2) is 0 Å². The Bertz CT molecular complexity index is 547. The van der Waals surface area contributed by atoms with E-state index in [1.54, 1.807) is 12.1 Å². The summed E-state index contributed by atoms with van der Waals surface area (Å²) >= 11 is 15.5. The number of hydrogen-bond acceptors (Lipinski definition) is 2. The maximum atomic E-state index is 9.05. The van der Waals surface area contributed by atoms with Gasteiger partial charge in [0.2, 0.25) is 0 Å². The number of aliphatic hydroxyl groups excluding tert-OH is 1. The summed E-state index contributed by atoms with van der Waals surface area (Å²) in [4.78, 5) is 0. The predicted molar refractivity (Wildman–Crippen MR) is 80.9 cm³/mol. The summed E-state index contributed by atoms with van der Waals surface area (Å²) in [7, 11) is 0. The summed E-state index contributed by atoms with van der Waals surface area (Å²) in [5, 5.41) is 9.84. The zero-order valence-electron chi connectivity index (χ0n) is 9.87. The molecule has 0 spiro atoms. The van der Waals surface area contributed by atoms with Crippen LogP contribution in [-0.4, -0.2) is 5.11 Å². The molecule has 0 amide bonds. The first kappa shape index (κ1) is 14.7. The highest BCUT2D eigenvalue weighted by Crippen LogP contribution is 2.34. The predicted octanol–water partition coefficient (Wildman–Crippen LogP) is 4.83. The fourth-order valence-corrected chi connectivity index (χ4v) is 2.48. The summed E-state index contributed by atoms with van der Waals surface area (Å²) in [6, 6.07) is 11.1. The maximum Gasteiger partial charge on any atom is 0.156 e. The van der Waals surface area contributed by atoms with Crippen LogP contribution in [0.1, 0.15) is 11.1 Å². The Kier molecular flexibility index (Phi) is 5.11. The standard InChI is InChI=1S/C14H11BrCl2O2/c15-11-3-1-9(2-4-11)8-19-14-12(16)5-10(7-18)6-13(14)17/h1-6,18H,7-8H2. The molecule has 2 rings (SSSR count). The number of benzene rings is 2. The third kappa shape index (κ3) is 3.86. The number of halogens is 3. The van der Waals surface area contributed by atoms with E-state index in [-0.39, 0.29) is 6.61 Å². The Morgan fingerprint density at radius 3 is 2.11 bits per heavy atom. The van der Waals surface area contributed by atoms with Crippen LogP contribution in [-0.2, 0) is 13.2 Å². The Labute approximate surface area is 130 Å². The van der Waals surface area contributed by atoms with Crippen molar-refractivity contribution in [2.75, 3.05) is 0 Å². The molecule has 0 saturated heterocycles. The molecule has 2 nitrogen and oxygen atoms in total. The zero-order valence-corrected chi connectivity index (χ0v) is 13.0. The van der Waals surface area contributed by atoms with Gasteiger partial charge in [0.15, 0.2) is 5.75 Å². The van der Waals surface area contributed by atoms with E-state index in [0.29, 0.717) is 28.0 Å². The summed E-state index contributed by atoms with van der Waals surface area (Å²) in [5.74, 6) is 0.434. The monoisotopic (exact) mass is 360 g/mol. The van der Waals surface area contributed by atoms with Crippen LogP contribution in [0.2, 0.25) is 10.0 Å². The first-order valence-corrected chi connectivity index (χ1v) is 7.11. The lowest BCUT2D eigenvalue weighted by Crippen LogP contribution is -1.97. The summed E-state index contributed by atoms with van der Waals surface area (Å²) in [6.07, 6.45) is 0. The molecule has 0 radical (unpaired) electrons. The van der Waals surface area contributed by atoms with Crippen LogP contribution < -0.4 is 4.74 Å². The van der Waals surface area contributed by atoms with Crippen LogP contribution in [0, 0.1) is 0 Å². The molecule has 0 atom stereocenters. The molecule has 2 aromatic carbocycles. The number of ether oxygens (including phenoxy) is 1. The van der Waals surface area contributed by atoms with E-state index >= 15 is 0 Å². The van der Waals surface area contributed by atoms with E-state index in [2.05, 4.69) is 15.9 Å². The smallest absolute Gasteiger partial charge is 0.156 e. The highest BCUT2D eigenvalue weighted by Gasteiger charge is 2.09. The van der Waals surface area contributed by atoms with Gasteiger partial charge in [0.05, 0.1) is 16.7 Å². The average molecular weight is 362 g/mol. The van der Waals surface area contributed by atoms with Crippen molar-refractivity contribution in [1.29, 1.82) is 0 Å². The van der Waals surface area contributed by atoms with Crippen LogP contribution in [0.25, 0.3) is 0 Å². The van der Waals surface area contributed by atoms with E-state index in [9.17, 15) is 0 Å². The first-order valence-electron chi connectivity index (χ1n) is 5.56. The molecule has 0 aliphatic heterocycles. The Morgan fingerprint density at radius 2 is 1.58 bits per heavy atom. The van der Waals surface area contributed by atoms with Crippen LogP contribution in [0.5, 0.6) is 5.75 Å². The minimum absolute atomic E-state index is 0.105. The van der Waals surface area contributed by atoms with Gasteiger partial charge in [-0.15, -0.1) is 0 Å². The molecular weight excluding hydrogens is 351 g/mol. The SMILES string of the molecule is OCc1cc(Cl)c(OCc2ccc(Br)cc2)c(Cl)c1. The van der Waals surface area contributed by atoms with Gasteiger partial charge in [0, 0.05) is 4.47 Å². The highest BCUT2D eigenvalue weighted by molar-refractivity contribution is 9.10. The molecule has 2 aromatic rings. The second-order valence-electron chi connectivity index (χ2n) is 3.96. The van der Waals surface area contributed by atoms with E-state index in [1.807, 2.05) is 24.3 Å². The van der Waals surface area contributed by atoms with Crippen molar-refractivity contribution in [3.8, 4) is 5.75 Å². The third-order valence-electron chi connectivity index (χ3n) is 2.54. The highest BCUT2D eigenvalue weighted by atomic mass is 79.9. The lowest BCUT2D eigenvalue weighted by atomic mass is 10.2. The van der Waals surface area contributed by atoms with Crippen LogP contribution in [0.4, 0.5) is 0 Å². The van der Waals surface area contributed by atoms with Gasteiger partial charge >= 0.3 is 0 Å². The van der Waals surface area contributed by atoms with Gasteiger partial charge in [-0.05, 0) is 35.4 Å². The Morgan fingerprint density at radius 1 is 1.00 bits per heavy atom. The van der Waals surface area contributed by atoms with Crippen molar-refractivity contribution < 1.29 is 9.84 Å². The van der Waals surface area contributed by atoms with Gasteiger partial charge in [0.1, 0.15) is 6.61 Å². The fourth-order valence-electron chi connectivity index (χ4n) is 1.58. The van der Waals surface area contributed by atoms with E-state index in [1.165, 1.54) is 0 Å². The van der Waals surface area contributed by atoms with E-state index < -0.39 is 0 Å². The van der Waals surface area contributed by atoms with Crippen molar-refractivity contribution in [3.05, 3.63) is 62.0 Å². The van der Waals surface area contributed by atoms with Gasteiger partial charge in [-0.3, -0.25) is 0 Å². The second-order valence-corrected chi connectivity index (χ2v) is 5.69. The molecule has 0 aliphatic rings. The van der Waals surface area contributed by atoms with Crippen LogP contribution in [0.15, 0.2) is 40.9 Å². The van der Waals surface area contributed by atoms with Crippen molar-refractivity contribution in [2.45, 2.75) is 13.2 Å². The maximum absolute atomic E-state index is 9.05. The van der Waals surface area contributed by atoms with Crippen molar-refractivity contribution in [3.63, 3.8) is 0 Å². The molecule has 19 heavy (non-hydrogen) atoms. The molecular formula is C14H11BrCl2O2. The Hall–Kier alpha value is -0.740. The summed E-state index contributed by atoms with van der Waals surface area (Å²) in [6.45, 7) is 0.275. The van der Waals surface area contributed by atoms with Gasteiger partial charge in [-0.2, -0.15) is 0 Å². The average Bonchev–Trinajstić information content (AvgIpc) is 2.39. The van der Waals surface area contributed by atoms with Crippen molar-refractivity contribution in [1.82, 2.24) is 0 Å². The quantitative estimate of drug-likeness (QED) is 0.845. The molecule has 0 aliphatic carbocycles. The van der Waals surface area contributed by atoms with Crippen molar-refractivity contribution >= 4 is 39.1 Å². The van der Waals surface area contributed by atoms with Crippen LogP contribution >= 0.6 is 39.1 Å².